The summed E-state index contributed by atoms with van der Waals surface area (Å²) in [6.45, 7) is 3.86. The van der Waals surface area contributed by atoms with Gasteiger partial charge < -0.3 is 10.6 Å². The lowest BCUT2D eigenvalue weighted by atomic mass is 10.0. The van der Waals surface area contributed by atoms with E-state index in [4.69, 9.17) is 0 Å². The zero-order chi connectivity index (χ0) is 17.1. The van der Waals surface area contributed by atoms with E-state index >= 15 is 0 Å². The zero-order valence-corrected chi connectivity index (χ0v) is 18.5. The first-order valence-electron chi connectivity index (χ1n) is 8.88. The second-order valence-electron chi connectivity index (χ2n) is 6.29. The first kappa shape index (κ1) is 23.9. The van der Waals surface area contributed by atoms with Crippen LogP contribution in [0.4, 0.5) is 0 Å². The van der Waals surface area contributed by atoms with Crippen LogP contribution in [-0.4, -0.2) is 58.2 Å². The van der Waals surface area contributed by atoms with Crippen LogP contribution < -0.4 is 10.6 Å². The minimum Gasteiger partial charge on any atom is -0.356 e. The van der Waals surface area contributed by atoms with Gasteiger partial charge in [0.25, 0.3) is 0 Å². The van der Waals surface area contributed by atoms with Gasteiger partial charge in [-0.25, -0.2) is 12.7 Å². The molecule has 0 unspecified atom stereocenters. The van der Waals surface area contributed by atoms with Crippen LogP contribution in [0.25, 0.3) is 0 Å². The molecule has 0 aromatic heterocycles. The van der Waals surface area contributed by atoms with E-state index in [-0.39, 0.29) is 29.7 Å². The van der Waals surface area contributed by atoms with Crippen LogP contribution in [-0.2, 0) is 10.0 Å². The molecule has 0 atom stereocenters. The first-order chi connectivity index (χ1) is 11.0. The van der Waals surface area contributed by atoms with Crippen LogP contribution in [0.15, 0.2) is 4.99 Å². The molecule has 24 heavy (non-hydrogen) atoms. The Bertz CT molecular complexity index is 451. The van der Waals surface area contributed by atoms with Crippen LogP contribution in [0, 0.1) is 5.92 Å². The van der Waals surface area contributed by atoms with Gasteiger partial charge >= 0.3 is 0 Å². The maximum absolute atomic E-state index is 11.6. The maximum atomic E-state index is 11.6. The van der Waals surface area contributed by atoms with Gasteiger partial charge in [-0.05, 0) is 32.1 Å². The van der Waals surface area contributed by atoms with Crippen LogP contribution >= 0.6 is 24.0 Å². The number of aliphatic imine (C=N–C) groups is 1. The predicted octanol–water partition coefficient (Wildman–Crippen LogP) is 2.41. The molecule has 1 rings (SSSR count). The minimum atomic E-state index is -3.07. The fourth-order valence-corrected chi connectivity index (χ4v) is 3.83. The lowest BCUT2D eigenvalue weighted by molar-refractivity contribution is 0.460. The van der Waals surface area contributed by atoms with E-state index in [0.717, 1.165) is 24.8 Å². The normalized spacial score (nSPS) is 16.2. The molecule has 0 aromatic carbocycles. The molecular weight excluding hydrogens is 439 g/mol. The third-order valence-electron chi connectivity index (χ3n) is 4.56. The summed E-state index contributed by atoms with van der Waals surface area (Å²) < 4.78 is 24.7. The zero-order valence-electron chi connectivity index (χ0n) is 15.4. The summed E-state index contributed by atoms with van der Waals surface area (Å²) >= 11 is 0. The summed E-state index contributed by atoms with van der Waals surface area (Å²) in [6.07, 6.45) is 8.88. The molecule has 0 saturated heterocycles. The van der Waals surface area contributed by atoms with E-state index in [1.165, 1.54) is 42.8 Å². The number of guanidine groups is 1. The number of nitrogens with one attached hydrogen (secondary N) is 2. The van der Waals surface area contributed by atoms with Crippen molar-refractivity contribution in [2.75, 3.05) is 39.5 Å². The fraction of sp³-hybridized carbons (Fsp3) is 0.938. The molecule has 0 aliphatic heterocycles. The van der Waals surface area contributed by atoms with Gasteiger partial charge in [0.2, 0.25) is 10.0 Å². The van der Waals surface area contributed by atoms with E-state index in [9.17, 15) is 8.42 Å². The Labute approximate surface area is 165 Å². The second kappa shape index (κ2) is 13.2. The Balaban J connectivity index is 0.00000529. The largest absolute Gasteiger partial charge is 0.356 e. The predicted molar refractivity (Wildman–Crippen MR) is 113 cm³/mol. The van der Waals surface area contributed by atoms with Gasteiger partial charge in [-0.2, -0.15) is 0 Å². The van der Waals surface area contributed by atoms with E-state index in [1.807, 2.05) is 0 Å². The van der Waals surface area contributed by atoms with Gasteiger partial charge in [-0.15, -0.1) is 24.0 Å². The summed E-state index contributed by atoms with van der Waals surface area (Å²) in [4.78, 5) is 4.20. The number of rotatable bonds is 10. The standard InChI is InChI=1S/C16H34N4O2S.HI/c1-4-23(21,22)20(3)14-8-13-19-16(17-2)18-12-7-11-15-9-5-6-10-15;/h15H,4-14H2,1-3H3,(H2,17,18,19);1H. The molecule has 2 N–H and O–H groups in total. The lowest BCUT2D eigenvalue weighted by Gasteiger charge is -2.17. The molecule has 0 spiro atoms. The molecule has 0 aromatic rings. The highest BCUT2D eigenvalue weighted by atomic mass is 127. The molecule has 0 bridgehead atoms. The highest BCUT2D eigenvalue weighted by molar-refractivity contribution is 14.0. The molecule has 1 saturated carbocycles. The Morgan fingerprint density at radius 1 is 1.17 bits per heavy atom. The lowest BCUT2D eigenvalue weighted by Crippen LogP contribution is -2.39. The van der Waals surface area contributed by atoms with Crippen molar-refractivity contribution < 1.29 is 8.42 Å². The monoisotopic (exact) mass is 474 g/mol. The Kier molecular flexibility index (Phi) is 13.1. The summed E-state index contributed by atoms with van der Waals surface area (Å²) in [5.41, 5.74) is 0. The van der Waals surface area contributed by atoms with E-state index in [2.05, 4.69) is 15.6 Å². The SMILES string of the molecule is CCS(=O)(=O)N(C)CCCNC(=NC)NCCCC1CCCC1.I. The smallest absolute Gasteiger partial charge is 0.213 e. The maximum Gasteiger partial charge on any atom is 0.213 e. The van der Waals surface area contributed by atoms with Crippen molar-refractivity contribution in [3.05, 3.63) is 0 Å². The Hall–Kier alpha value is -0.0900. The highest BCUT2D eigenvalue weighted by Gasteiger charge is 2.15. The van der Waals surface area contributed by atoms with E-state index in [0.29, 0.717) is 13.1 Å². The summed E-state index contributed by atoms with van der Waals surface area (Å²) in [6, 6.07) is 0. The van der Waals surface area contributed by atoms with Crippen molar-refractivity contribution in [3.8, 4) is 0 Å². The molecule has 0 heterocycles. The summed E-state index contributed by atoms with van der Waals surface area (Å²) in [5.74, 6) is 1.89. The minimum absolute atomic E-state index is 0. The first-order valence-corrected chi connectivity index (χ1v) is 10.5. The number of halogens is 1. The Morgan fingerprint density at radius 2 is 1.75 bits per heavy atom. The molecule has 1 aliphatic rings. The third kappa shape index (κ3) is 9.41. The fourth-order valence-electron chi connectivity index (χ4n) is 2.99. The topological polar surface area (TPSA) is 73.8 Å². The molecule has 6 nitrogen and oxygen atoms in total. The quantitative estimate of drug-likeness (QED) is 0.221. The molecule has 1 aliphatic carbocycles. The molecule has 0 radical (unpaired) electrons. The van der Waals surface area contributed by atoms with Gasteiger partial charge in [0, 0.05) is 33.7 Å². The van der Waals surface area contributed by atoms with Gasteiger partial charge in [0.05, 0.1) is 5.75 Å². The molecule has 144 valence electrons. The Morgan fingerprint density at radius 3 is 2.29 bits per heavy atom. The highest BCUT2D eigenvalue weighted by Crippen LogP contribution is 2.28. The summed E-state index contributed by atoms with van der Waals surface area (Å²) in [7, 11) is 0.327. The molecular formula is C16H35IN4O2S. The third-order valence-corrected chi connectivity index (χ3v) is 6.42. The number of hydrogen-bond donors (Lipinski definition) is 2. The number of nitrogens with zero attached hydrogens (tertiary/aromatic N) is 2. The van der Waals surface area contributed by atoms with Crippen molar-refractivity contribution in [2.45, 2.75) is 51.9 Å². The van der Waals surface area contributed by atoms with E-state index < -0.39 is 10.0 Å². The van der Waals surface area contributed by atoms with Crippen molar-refractivity contribution in [1.29, 1.82) is 0 Å². The average Bonchev–Trinajstić information content (AvgIpc) is 3.06. The van der Waals surface area contributed by atoms with Gasteiger partial charge in [-0.1, -0.05) is 25.7 Å². The average molecular weight is 474 g/mol. The van der Waals surface area contributed by atoms with Gasteiger partial charge in [-0.3, -0.25) is 4.99 Å². The van der Waals surface area contributed by atoms with Crippen LogP contribution in [0.1, 0.15) is 51.9 Å². The van der Waals surface area contributed by atoms with E-state index in [1.54, 1.807) is 21.0 Å². The van der Waals surface area contributed by atoms with Crippen molar-refractivity contribution in [3.63, 3.8) is 0 Å². The molecule has 1 fully saturated rings. The van der Waals surface area contributed by atoms with Crippen molar-refractivity contribution >= 4 is 40.0 Å². The van der Waals surface area contributed by atoms with Crippen molar-refractivity contribution in [2.24, 2.45) is 10.9 Å². The number of sulfonamides is 1. The summed E-state index contributed by atoms with van der Waals surface area (Å²) in [5, 5.41) is 6.57. The molecule has 0 amide bonds. The van der Waals surface area contributed by atoms with Crippen LogP contribution in [0.2, 0.25) is 0 Å². The van der Waals surface area contributed by atoms with Crippen molar-refractivity contribution in [1.82, 2.24) is 14.9 Å². The van der Waals surface area contributed by atoms with Gasteiger partial charge in [0.15, 0.2) is 5.96 Å². The van der Waals surface area contributed by atoms with Crippen LogP contribution in [0.3, 0.4) is 0 Å². The van der Waals surface area contributed by atoms with Crippen LogP contribution in [0.5, 0.6) is 0 Å². The van der Waals surface area contributed by atoms with Gasteiger partial charge in [0.1, 0.15) is 0 Å². The second-order valence-corrected chi connectivity index (χ2v) is 8.66. The number of hydrogen-bond acceptors (Lipinski definition) is 3. The molecule has 8 heteroatoms.